The molecule has 2 rings (SSSR count). The van der Waals surface area contributed by atoms with Gasteiger partial charge in [0.1, 0.15) is 5.60 Å². The van der Waals surface area contributed by atoms with Crippen LogP contribution in [0, 0.1) is 0 Å². The van der Waals surface area contributed by atoms with E-state index in [1.165, 1.54) is 12.1 Å². The molecule has 1 fully saturated rings. The lowest BCUT2D eigenvalue weighted by Gasteiger charge is -2.23. The Morgan fingerprint density at radius 1 is 1.28 bits per heavy atom. The van der Waals surface area contributed by atoms with Crippen LogP contribution in [0.3, 0.4) is 0 Å². The predicted molar refractivity (Wildman–Crippen MR) is 67.4 cm³/mol. The van der Waals surface area contributed by atoms with Crippen molar-refractivity contribution < 1.29 is 19.4 Å². The van der Waals surface area contributed by atoms with Crippen molar-refractivity contribution in [1.29, 1.82) is 0 Å². The minimum atomic E-state index is -0.966. The Morgan fingerprint density at radius 2 is 1.94 bits per heavy atom. The van der Waals surface area contributed by atoms with E-state index < -0.39 is 11.6 Å². The highest BCUT2D eigenvalue weighted by molar-refractivity contribution is 5.88. The molecule has 1 N–H and O–H groups in total. The molecule has 0 bridgehead atoms. The summed E-state index contributed by atoms with van der Waals surface area (Å²) in [4.78, 5) is 11.0. The number of rotatable bonds is 4. The van der Waals surface area contributed by atoms with Crippen LogP contribution in [0.5, 0.6) is 11.5 Å². The predicted octanol–water partition coefficient (Wildman–Crippen LogP) is 3.10. The summed E-state index contributed by atoms with van der Waals surface area (Å²) in [6, 6.07) is 4.73. The first-order valence-electron chi connectivity index (χ1n) is 6.08. The molecule has 0 heterocycles. The maximum Gasteiger partial charge on any atom is 0.335 e. The van der Waals surface area contributed by atoms with Crippen LogP contribution in [0.2, 0.25) is 0 Å². The molecular formula is C14H18O4. The SMILES string of the molecule is CC(C)(C)Oc1cc(C(=O)O)ccc1OC1CC1. The third-order valence-corrected chi connectivity index (χ3v) is 2.42. The Kier molecular flexibility index (Phi) is 3.20. The third-order valence-electron chi connectivity index (χ3n) is 2.42. The molecule has 0 spiro atoms. The molecule has 98 valence electrons. The van der Waals surface area contributed by atoms with Crippen molar-refractivity contribution in [2.24, 2.45) is 0 Å². The van der Waals surface area contributed by atoms with Crippen molar-refractivity contribution in [2.75, 3.05) is 0 Å². The van der Waals surface area contributed by atoms with E-state index in [-0.39, 0.29) is 11.7 Å². The maximum absolute atomic E-state index is 11.0. The molecule has 0 unspecified atom stereocenters. The van der Waals surface area contributed by atoms with Crippen molar-refractivity contribution >= 4 is 5.97 Å². The van der Waals surface area contributed by atoms with Gasteiger partial charge < -0.3 is 14.6 Å². The fourth-order valence-electron chi connectivity index (χ4n) is 1.51. The Labute approximate surface area is 107 Å². The van der Waals surface area contributed by atoms with Gasteiger partial charge in [-0.3, -0.25) is 0 Å². The summed E-state index contributed by atoms with van der Waals surface area (Å²) in [5.74, 6) is 0.151. The number of hydrogen-bond donors (Lipinski definition) is 1. The Bertz CT molecular complexity index is 455. The van der Waals surface area contributed by atoms with Crippen LogP contribution in [-0.2, 0) is 0 Å². The average Bonchev–Trinajstić information content (AvgIpc) is 3.02. The second-order valence-electron chi connectivity index (χ2n) is 5.50. The molecule has 1 saturated carbocycles. The van der Waals surface area contributed by atoms with Crippen LogP contribution < -0.4 is 9.47 Å². The van der Waals surface area contributed by atoms with E-state index in [1.807, 2.05) is 20.8 Å². The Balaban J connectivity index is 2.29. The van der Waals surface area contributed by atoms with E-state index in [1.54, 1.807) is 6.07 Å². The van der Waals surface area contributed by atoms with Gasteiger partial charge in [-0.25, -0.2) is 4.79 Å². The van der Waals surface area contributed by atoms with Gasteiger partial charge in [0.15, 0.2) is 11.5 Å². The topological polar surface area (TPSA) is 55.8 Å². The second kappa shape index (κ2) is 4.52. The van der Waals surface area contributed by atoms with Crippen LogP contribution in [0.4, 0.5) is 0 Å². The van der Waals surface area contributed by atoms with Crippen LogP contribution in [0.25, 0.3) is 0 Å². The summed E-state index contributed by atoms with van der Waals surface area (Å²) >= 11 is 0. The summed E-state index contributed by atoms with van der Waals surface area (Å²) in [5.41, 5.74) is -0.184. The molecule has 0 amide bonds. The van der Waals surface area contributed by atoms with E-state index in [0.717, 1.165) is 12.8 Å². The van der Waals surface area contributed by atoms with E-state index >= 15 is 0 Å². The molecule has 1 aromatic carbocycles. The molecule has 0 aromatic heterocycles. The minimum absolute atomic E-state index is 0.206. The molecule has 1 aliphatic rings. The Hall–Kier alpha value is -1.71. The molecular weight excluding hydrogens is 232 g/mol. The zero-order valence-corrected chi connectivity index (χ0v) is 10.9. The smallest absolute Gasteiger partial charge is 0.335 e. The zero-order valence-electron chi connectivity index (χ0n) is 10.9. The molecule has 1 aliphatic carbocycles. The minimum Gasteiger partial charge on any atom is -0.487 e. The average molecular weight is 250 g/mol. The summed E-state index contributed by atoms with van der Waals surface area (Å²) in [5, 5.41) is 9.00. The number of carbonyl (C=O) groups is 1. The summed E-state index contributed by atoms with van der Waals surface area (Å²) in [6.07, 6.45) is 2.36. The van der Waals surface area contributed by atoms with Crippen molar-refractivity contribution in [3.8, 4) is 11.5 Å². The number of ether oxygens (including phenoxy) is 2. The van der Waals surface area contributed by atoms with Crippen molar-refractivity contribution in [2.45, 2.75) is 45.3 Å². The highest BCUT2D eigenvalue weighted by Crippen LogP contribution is 2.36. The Morgan fingerprint density at radius 3 is 2.44 bits per heavy atom. The van der Waals surface area contributed by atoms with E-state index in [0.29, 0.717) is 11.5 Å². The van der Waals surface area contributed by atoms with Gasteiger partial charge in [-0.05, 0) is 51.8 Å². The van der Waals surface area contributed by atoms with E-state index in [2.05, 4.69) is 0 Å². The molecule has 0 aliphatic heterocycles. The van der Waals surface area contributed by atoms with Crippen LogP contribution in [-0.4, -0.2) is 22.8 Å². The van der Waals surface area contributed by atoms with Gasteiger partial charge >= 0.3 is 5.97 Å². The molecule has 0 saturated heterocycles. The first kappa shape index (κ1) is 12.7. The van der Waals surface area contributed by atoms with Gasteiger partial charge in [-0.1, -0.05) is 0 Å². The lowest BCUT2D eigenvalue weighted by atomic mass is 10.1. The van der Waals surface area contributed by atoms with E-state index in [4.69, 9.17) is 14.6 Å². The summed E-state index contributed by atoms with van der Waals surface area (Å²) in [6.45, 7) is 5.75. The maximum atomic E-state index is 11.0. The fraction of sp³-hybridized carbons (Fsp3) is 0.500. The molecule has 0 radical (unpaired) electrons. The molecule has 4 heteroatoms. The standard InChI is InChI=1S/C14H18O4/c1-14(2,3)18-12-8-9(13(15)16)4-7-11(12)17-10-5-6-10/h4,7-8,10H,5-6H2,1-3H3,(H,15,16). The lowest BCUT2D eigenvalue weighted by molar-refractivity contribution is 0.0694. The zero-order chi connectivity index (χ0) is 13.3. The summed E-state index contributed by atoms with van der Waals surface area (Å²) in [7, 11) is 0. The highest BCUT2D eigenvalue weighted by atomic mass is 16.5. The number of benzene rings is 1. The van der Waals surface area contributed by atoms with Crippen LogP contribution in [0.15, 0.2) is 18.2 Å². The van der Waals surface area contributed by atoms with Gasteiger partial charge in [-0.15, -0.1) is 0 Å². The molecule has 18 heavy (non-hydrogen) atoms. The van der Waals surface area contributed by atoms with Gasteiger partial charge in [0.25, 0.3) is 0 Å². The first-order chi connectivity index (χ1) is 8.35. The third kappa shape index (κ3) is 3.39. The monoisotopic (exact) mass is 250 g/mol. The second-order valence-corrected chi connectivity index (χ2v) is 5.50. The van der Waals surface area contributed by atoms with Crippen LogP contribution in [0.1, 0.15) is 44.0 Å². The van der Waals surface area contributed by atoms with Crippen molar-refractivity contribution in [1.82, 2.24) is 0 Å². The van der Waals surface area contributed by atoms with Gasteiger partial charge in [-0.2, -0.15) is 0 Å². The van der Waals surface area contributed by atoms with E-state index in [9.17, 15) is 4.79 Å². The van der Waals surface area contributed by atoms with Gasteiger partial charge in [0.2, 0.25) is 0 Å². The number of carboxylic acid groups (broad SMARTS) is 1. The first-order valence-corrected chi connectivity index (χ1v) is 6.08. The summed E-state index contributed by atoms with van der Waals surface area (Å²) < 4.78 is 11.5. The highest BCUT2D eigenvalue weighted by Gasteiger charge is 2.26. The molecule has 4 nitrogen and oxygen atoms in total. The molecule has 0 atom stereocenters. The fourth-order valence-corrected chi connectivity index (χ4v) is 1.51. The number of carboxylic acids is 1. The van der Waals surface area contributed by atoms with Crippen molar-refractivity contribution in [3.63, 3.8) is 0 Å². The number of aromatic carboxylic acids is 1. The quantitative estimate of drug-likeness (QED) is 0.892. The van der Waals surface area contributed by atoms with Crippen molar-refractivity contribution in [3.05, 3.63) is 23.8 Å². The number of hydrogen-bond acceptors (Lipinski definition) is 3. The largest absolute Gasteiger partial charge is 0.487 e. The van der Waals surface area contributed by atoms with Gasteiger partial charge in [0, 0.05) is 0 Å². The van der Waals surface area contributed by atoms with Crippen LogP contribution >= 0.6 is 0 Å². The normalized spacial score (nSPS) is 15.3. The lowest BCUT2D eigenvalue weighted by Crippen LogP contribution is -2.23. The molecule has 1 aromatic rings. The van der Waals surface area contributed by atoms with Gasteiger partial charge in [0.05, 0.1) is 11.7 Å².